The molecular formula is C9H14ClNO. The van der Waals surface area contributed by atoms with E-state index >= 15 is 0 Å². The molecule has 0 bridgehead atoms. The molecule has 12 heavy (non-hydrogen) atoms. The van der Waals surface area contributed by atoms with Crippen LogP contribution in [0.15, 0.2) is 11.8 Å². The SMILES string of the molecule is OC1=CCC2NC(Cl)CC[C@@H]2C1. The second-order valence-corrected chi connectivity index (χ2v) is 4.24. The van der Waals surface area contributed by atoms with Crippen LogP contribution in [-0.2, 0) is 0 Å². The van der Waals surface area contributed by atoms with E-state index in [1.54, 1.807) is 0 Å². The van der Waals surface area contributed by atoms with Crippen molar-refractivity contribution in [2.75, 3.05) is 0 Å². The first kappa shape index (κ1) is 8.39. The molecule has 1 aliphatic heterocycles. The topological polar surface area (TPSA) is 32.3 Å². The van der Waals surface area contributed by atoms with Gasteiger partial charge in [-0.05, 0) is 31.3 Å². The summed E-state index contributed by atoms with van der Waals surface area (Å²) in [6.45, 7) is 0. The van der Waals surface area contributed by atoms with Gasteiger partial charge in [0.25, 0.3) is 0 Å². The first-order valence-corrected chi connectivity index (χ1v) is 4.97. The van der Waals surface area contributed by atoms with Gasteiger partial charge < -0.3 is 5.11 Å². The number of rotatable bonds is 0. The summed E-state index contributed by atoms with van der Waals surface area (Å²) >= 11 is 5.98. The first-order chi connectivity index (χ1) is 5.75. The van der Waals surface area contributed by atoms with Gasteiger partial charge in [0.1, 0.15) is 0 Å². The largest absolute Gasteiger partial charge is 0.513 e. The van der Waals surface area contributed by atoms with Gasteiger partial charge in [0.2, 0.25) is 0 Å². The zero-order chi connectivity index (χ0) is 8.55. The van der Waals surface area contributed by atoms with Gasteiger partial charge in [-0.1, -0.05) is 0 Å². The zero-order valence-electron chi connectivity index (χ0n) is 6.96. The molecule has 3 heteroatoms. The quantitative estimate of drug-likeness (QED) is 0.450. The van der Waals surface area contributed by atoms with Crippen molar-refractivity contribution in [2.45, 2.75) is 37.2 Å². The summed E-state index contributed by atoms with van der Waals surface area (Å²) in [6, 6.07) is 0.497. The smallest absolute Gasteiger partial charge is 0.0886 e. The van der Waals surface area contributed by atoms with Gasteiger partial charge in [-0.15, -0.1) is 11.6 Å². The van der Waals surface area contributed by atoms with Crippen LogP contribution in [0.5, 0.6) is 0 Å². The molecule has 0 aromatic heterocycles. The predicted octanol–water partition coefficient (Wildman–Crippen LogP) is 2.16. The fourth-order valence-corrected chi connectivity index (χ4v) is 2.42. The van der Waals surface area contributed by atoms with Gasteiger partial charge in [0.05, 0.1) is 11.3 Å². The van der Waals surface area contributed by atoms with E-state index in [4.69, 9.17) is 11.6 Å². The molecule has 2 rings (SSSR count). The normalized spacial score (nSPS) is 41.8. The maximum Gasteiger partial charge on any atom is 0.0886 e. The Morgan fingerprint density at radius 2 is 2.33 bits per heavy atom. The number of nitrogens with one attached hydrogen (secondary N) is 1. The molecule has 2 N–H and O–H groups in total. The van der Waals surface area contributed by atoms with Crippen LogP contribution in [-0.4, -0.2) is 16.6 Å². The number of hydrogen-bond acceptors (Lipinski definition) is 2. The average molecular weight is 188 g/mol. The molecule has 2 nitrogen and oxygen atoms in total. The van der Waals surface area contributed by atoms with E-state index in [9.17, 15) is 5.11 Å². The molecule has 1 fully saturated rings. The summed E-state index contributed by atoms with van der Waals surface area (Å²) in [6.07, 6.45) is 5.84. The third kappa shape index (κ3) is 1.59. The second kappa shape index (κ2) is 3.27. The van der Waals surface area contributed by atoms with Crippen LogP contribution in [0.2, 0.25) is 0 Å². The van der Waals surface area contributed by atoms with Gasteiger partial charge in [-0.2, -0.15) is 0 Å². The molecule has 68 valence electrons. The standard InChI is InChI=1S/C9H14ClNO/c10-9-4-1-6-5-7(12)2-3-8(6)11-9/h2,6,8-9,11-12H,1,3-5H2/t6-,8?,9?/m1/s1. The Kier molecular flexibility index (Phi) is 2.28. The molecule has 0 radical (unpaired) electrons. The van der Waals surface area contributed by atoms with Gasteiger partial charge >= 0.3 is 0 Å². The number of hydrogen-bond donors (Lipinski definition) is 2. The minimum atomic E-state index is 0.139. The van der Waals surface area contributed by atoms with Gasteiger partial charge in [-0.25, -0.2) is 0 Å². The van der Waals surface area contributed by atoms with Crippen molar-refractivity contribution in [3.63, 3.8) is 0 Å². The number of halogens is 1. The van der Waals surface area contributed by atoms with Gasteiger partial charge in [0.15, 0.2) is 0 Å². The molecule has 0 aromatic rings. The number of allylic oxidation sites excluding steroid dienone is 1. The molecule has 0 spiro atoms. The molecule has 1 heterocycles. The Morgan fingerprint density at radius 1 is 1.50 bits per heavy atom. The first-order valence-electron chi connectivity index (χ1n) is 4.54. The molecule has 2 aliphatic rings. The predicted molar refractivity (Wildman–Crippen MR) is 49.2 cm³/mol. The number of aliphatic hydroxyl groups is 1. The molecule has 0 amide bonds. The summed E-state index contributed by atoms with van der Waals surface area (Å²) < 4.78 is 0. The lowest BCUT2D eigenvalue weighted by Gasteiger charge is -2.37. The molecule has 0 aromatic carbocycles. The third-order valence-corrected chi connectivity index (χ3v) is 3.18. The van der Waals surface area contributed by atoms with Crippen LogP contribution in [0.1, 0.15) is 25.7 Å². The number of aliphatic hydroxyl groups excluding tert-OH is 1. The van der Waals surface area contributed by atoms with Crippen LogP contribution < -0.4 is 5.32 Å². The summed E-state index contributed by atoms with van der Waals surface area (Å²) in [5.74, 6) is 1.16. The fourth-order valence-electron chi connectivity index (χ4n) is 2.13. The van der Waals surface area contributed by atoms with Crippen molar-refractivity contribution in [1.82, 2.24) is 5.32 Å². The third-order valence-electron chi connectivity index (χ3n) is 2.83. The zero-order valence-corrected chi connectivity index (χ0v) is 7.72. The lowest BCUT2D eigenvalue weighted by molar-refractivity contribution is 0.218. The Hall–Kier alpha value is -0.210. The average Bonchev–Trinajstić information content (AvgIpc) is 2.05. The summed E-state index contributed by atoms with van der Waals surface area (Å²) in [5, 5.41) is 12.7. The maximum absolute atomic E-state index is 9.31. The van der Waals surface area contributed by atoms with Crippen molar-refractivity contribution in [3.8, 4) is 0 Å². The van der Waals surface area contributed by atoms with Crippen molar-refractivity contribution < 1.29 is 5.11 Å². The lowest BCUT2D eigenvalue weighted by atomic mass is 9.82. The van der Waals surface area contributed by atoms with E-state index in [1.165, 1.54) is 0 Å². The number of alkyl halides is 1. The summed E-state index contributed by atoms with van der Waals surface area (Å²) in [4.78, 5) is 0. The lowest BCUT2D eigenvalue weighted by Crippen LogP contribution is -2.46. The highest BCUT2D eigenvalue weighted by Gasteiger charge is 2.31. The molecule has 3 atom stereocenters. The molecular weight excluding hydrogens is 174 g/mol. The number of piperidine rings is 1. The van der Waals surface area contributed by atoms with Crippen molar-refractivity contribution in [3.05, 3.63) is 11.8 Å². The molecule has 2 unspecified atom stereocenters. The number of fused-ring (bicyclic) bond motifs is 1. The van der Waals surface area contributed by atoms with Crippen LogP contribution in [0.25, 0.3) is 0 Å². The highest BCUT2D eigenvalue weighted by molar-refractivity contribution is 6.20. The minimum Gasteiger partial charge on any atom is -0.513 e. The highest BCUT2D eigenvalue weighted by Crippen LogP contribution is 2.31. The van der Waals surface area contributed by atoms with E-state index in [-0.39, 0.29) is 5.50 Å². The van der Waals surface area contributed by atoms with Gasteiger partial charge in [0, 0.05) is 12.5 Å². The van der Waals surface area contributed by atoms with E-state index in [2.05, 4.69) is 5.32 Å². The Morgan fingerprint density at radius 3 is 3.17 bits per heavy atom. The van der Waals surface area contributed by atoms with E-state index in [0.29, 0.717) is 17.7 Å². The Balaban J connectivity index is 2.02. The van der Waals surface area contributed by atoms with Crippen LogP contribution in [0.3, 0.4) is 0 Å². The molecule has 0 saturated carbocycles. The van der Waals surface area contributed by atoms with Crippen molar-refractivity contribution >= 4 is 11.6 Å². The van der Waals surface area contributed by atoms with E-state index in [1.807, 2.05) is 6.08 Å². The van der Waals surface area contributed by atoms with E-state index < -0.39 is 0 Å². The van der Waals surface area contributed by atoms with Crippen LogP contribution in [0.4, 0.5) is 0 Å². The molecule has 1 aliphatic carbocycles. The fraction of sp³-hybridized carbons (Fsp3) is 0.778. The van der Waals surface area contributed by atoms with Crippen LogP contribution >= 0.6 is 11.6 Å². The summed E-state index contributed by atoms with van der Waals surface area (Å²) in [5.41, 5.74) is 0.139. The maximum atomic E-state index is 9.31. The minimum absolute atomic E-state index is 0.139. The van der Waals surface area contributed by atoms with E-state index in [0.717, 1.165) is 25.7 Å². The van der Waals surface area contributed by atoms with Crippen molar-refractivity contribution in [1.29, 1.82) is 0 Å². The second-order valence-electron chi connectivity index (χ2n) is 3.71. The molecule has 1 saturated heterocycles. The summed E-state index contributed by atoms with van der Waals surface area (Å²) in [7, 11) is 0. The Bertz CT molecular complexity index is 205. The van der Waals surface area contributed by atoms with Crippen LogP contribution in [0, 0.1) is 5.92 Å². The Labute approximate surface area is 77.6 Å². The monoisotopic (exact) mass is 187 g/mol. The van der Waals surface area contributed by atoms with Gasteiger partial charge in [-0.3, -0.25) is 5.32 Å². The highest BCUT2D eigenvalue weighted by atomic mass is 35.5. The van der Waals surface area contributed by atoms with Crippen molar-refractivity contribution in [2.24, 2.45) is 5.92 Å².